The van der Waals surface area contributed by atoms with Crippen LogP contribution >= 0.6 is 11.3 Å². The Kier molecular flexibility index (Phi) is 8.12. The Balaban J connectivity index is 1.35. The van der Waals surface area contributed by atoms with E-state index < -0.39 is 12.3 Å². The highest BCUT2D eigenvalue weighted by molar-refractivity contribution is 7.07. The van der Waals surface area contributed by atoms with E-state index in [-0.39, 0.29) is 11.4 Å². The average Bonchev–Trinajstić information content (AvgIpc) is 3.61. The lowest BCUT2D eigenvalue weighted by atomic mass is 10.1. The van der Waals surface area contributed by atoms with Gasteiger partial charge in [0.05, 0.1) is 24.7 Å². The van der Waals surface area contributed by atoms with E-state index >= 15 is 0 Å². The molecule has 10 nitrogen and oxygen atoms in total. The number of benzene rings is 3. The van der Waals surface area contributed by atoms with Crippen LogP contribution in [-0.2, 0) is 0 Å². The molecule has 0 spiro atoms. The summed E-state index contributed by atoms with van der Waals surface area (Å²) in [6.45, 7) is 3.74. The largest absolute Gasteiger partial charge is 0.573 e. The number of aromatic carboxylic acids is 1. The van der Waals surface area contributed by atoms with Gasteiger partial charge in [-0.25, -0.2) is 14.5 Å². The van der Waals surface area contributed by atoms with Crippen molar-refractivity contribution in [3.05, 3.63) is 99.6 Å². The smallest absolute Gasteiger partial charge is 0.497 e. The maximum Gasteiger partial charge on any atom is 0.573 e. The van der Waals surface area contributed by atoms with Crippen LogP contribution in [0.1, 0.15) is 27.2 Å². The van der Waals surface area contributed by atoms with Crippen molar-refractivity contribution in [3.8, 4) is 34.3 Å². The summed E-state index contributed by atoms with van der Waals surface area (Å²) in [5.74, 6) is -0.338. The number of carbonyl (C=O) groups is 1. The topological polar surface area (TPSA) is 116 Å². The molecule has 0 aliphatic heterocycles. The van der Waals surface area contributed by atoms with Crippen LogP contribution in [0.15, 0.2) is 82.6 Å². The second kappa shape index (κ2) is 11.9. The van der Waals surface area contributed by atoms with E-state index in [9.17, 15) is 23.1 Å². The zero-order valence-corrected chi connectivity index (χ0v) is 23.7. The molecule has 0 saturated carbocycles. The fourth-order valence-corrected chi connectivity index (χ4v) is 5.13. The van der Waals surface area contributed by atoms with Crippen LogP contribution < -0.4 is 14.3 Å². The predicted molar refractivity (Wildman–Crippen MR) is 153 cm³/mol. The molecule has 0 unspecified atom stereocenters. The Morgan fingerprint density at radius 2 is 1.70 bits per heavy atom. The van der Waals surface area contributed by atoms with Crippen LogP contribution in [0.5, 0.6) is 11.5 Å². The molecular formula is C29H23F3N6O4S. The molecule has 220 valence electrons. The van der Waals surface area contributed by atoms with E-state index in [1.807, 2.05) is 26.0 Å². The van der Waals surface area contributed by atoms with E-state index in [0.29, 0.717) is 33.3 Å². The minimum atomic E-state index is -4.77. The number of hydrogen-bond donors (Lipinski definition) is 1. The molecule has 2 heterocycles. The Hall–Kier alpha value is -5.24. The summed E-state index contributed by atoms with van der Waals surface area (Å²) < 4.78 is 49.4. The lowest BCUT2D eigenvalue weighted by molar-refractivity contribution is -0.274. The molecule has 0 bridgehead atoms. The fraction of sp³-hybridized carbons (Fsp3) is 0.138. The van der Waals surface area contributed by atoms with Crippen LogP contribution in [0.25, 0.3) is 22.8 Å². The van der Waals surface area contributed by atoms with Crippen molar-refractivity contribution in [2.75, 3.05) is 7.11 Å². The first kappa shape index (κ1) is 29.3. The third kappa shape index (κ3) is 6.64. The predicted octanol–water partition coefficient (Wildman–Crippen LogP) is 5.94. The van der Waals surface area contributed by atoms with Crippen LogP contribution in [0, 0.1) is 13.8 Å². The first-order valence-corrected chi connectivity index (χ1v) is 13.4. The molecule has 0 fully saturated rings. The number of hydrogen-bond acceptors (Lipinski definition) is 8. The van der Waals surface area contributed by atoms with Crippen molar-refractivity contribution >= 4 is 23.5 Å². The fourth-order valence-electron chi connectivity index (χ4n) is 4.32. The maximum absolute atomic E-state index is 12.4. The summed E-state index contributed by atoms with van der Waals surface area (Å²) in [7, 11) is 1.57. The van der Waals surface area contributed by atoms with E-state index in [1.54, 1.807) is 42.2 Å². The zero-order valence-electron chi connectivity index (χ0n) is 22.9. The quantitative estimate of drug-likeness (QED) is 0.172. The van der Waals surface area contributed by atoms with Gasteiger partial charge in [0, 0.05) is 10.9 Å². The number of rotatable bonds is 8. The monoisotopic (exact) mass is 608 g/mol. The second-order valence-electron chi connectivity index (χ2n) is 9.17. The Morgan fingerprint density at radius 3 is 2.30 bits per heavy atom. The summed E-state index contributed by atoms with van der Waals surface area (Å²) in [5.41, 5.74) is 4.34. The summed E-state index contributed by atoms with van der Waals surface area (Å²) >= 11 is 1.16. The second-order valence-corrected chi connectivity index (χ2v) is 10.0. The SMILES string of the molecule is COc1cc(C)c(-n2c(C(=O)O)csc2=NN=Cc2ccc(-c3ncn(-c4ccc(OC(F)(F)F)cc4)n3)cc2)c(C)c1. The Labute approximate surface area is 246 Å². The molecular weight excluding hydrogens is 585 g/mol. The normalized spacial score (nSPS) is 12.2. The number of aromatic nitrogens is 4. The van der Waals surface area contributed by atoms with Crippen LogP contribution in [0.3, 0.4) is 0 Å². The summed E-state index contributed by atoms with van der Waals surface area (Å²) in [5, 5.41) is 24.2. The molecule has 43 heavy (non-hydrogen) atoms. The van der Waals surface area contributed by atoms with E-state index in [0.717, 1.165) is 28.0 Å². The van der Waals surface area contributed by atoms with Crippen molar-refractivity contribution in [2.45, 2.75) is 20.2 Å². The number of thiazole rings is 1. The number of alkyl halides is 3. The average molecular weight is 609 g/mol. The molecule has 14 heteroatoms. The minimum absolute atomic E-state index is 0.0668. The van der Waals surface area contributed by atoms with E-state index in [2.05, 4.69) is 25.0 Å². The molecule has 0 aliphatic rings. The maximum atomic E-state index is 12.4. The van der Waals surface area contributed by atoms with E-state index in [1.165, 1.54) is 40.7 Å². The van der Waals surface area contributed by atoms with Gasteiger partial charge in [-0.1, -0.05) is 24.3 Å². The number of aryl methyl sites for hydroxylation is 2. The molecule has 5 aromatic rings. The van der Waals surface area contributed by atoms with Crippen LogP contribution in [0.2, 0.25) is 0 Å². The molecule has 3 aromatic carbocycles. The number of carboxylic acid groups (broad SMARTS) is 1. The van der Waals surface area contributed by atoms with Crippen LogP contribution in [-0.4, -0.2) is 50.1 Å². The van der Waals surface area contributed by atoms with Crippen molar-refractivity contribution in [1.82, 2.24) is 19.3 Å². The highest BCUT2D eigenvalue weighted by Crippen LogP contribution is 2.26. The molecule has 5 rings (SSSR count). The van der Waals surface area contributed by atoms with Gasteiger partial charge in [0.1, 0.15) is 23.5 Å². The number of ether oxygens (including phenoxy) is 2. The lowest BCUT2D eigenvalue weighted by Crippen LogP contribution is -2.20. The van der Waals surface area contributed by atoms with Gasteiger partial charge in [-0.15, -0.1) is 34.7 Å². The first-order chi connectivity index (χ1) is 20.5. The highest BCUT2D eigenvalue weighted by Gasteiger charge is 2.31. The standard InChI is InChI=1S/C29H23F3N6O4S/c1-17-12-23(41-3)13-18(2)25(17)38-24(27(39)40)15-43-28(38)35-34-14-19-4-6-20(7-5-19)26-33-16-37(36-26)21-8-10-22(11-9-21)42-29(30,31)32/h4-16H,1-3H3,(H,39,40). The van der Waals surface area contributed by atoms with Crippen molar-refractivity contribution in [3.63, 3.8) is 0 Å². The number of methoxy groups -OCH3 is 1. The first-order valence-electron chi connectivity index (χ1n) is 12.6. The van der Waals surface area contributed by atoms with Gasteiger partial charge in [0.15, 0.2) is 5.82 Å². The van der Waals surface area contributed by atoms with Crippen molar-refractivity contribution in [1.29, 1.82) is 0 Å². The summed E-state index contributed by atoms with van der Waals surface area (Å²) in [4.78, 5) is 16.6. The zero-order chi connectivity index (χ0) is 30.7. The summed E-state index contributed by atoms with van der Waals surface area (Å²) in [6.07, 6.45) is -1.77. The molecule has 0 aliphatic carbocycles. The van der Waals surface area contributed by atoms with Crippen LogP contribution in [0.4, 0.5) is 13.2 Å². The van der Waals surface area contributed by atoms with Gasteiger partial charge in [-0.05, 0) is 66.9 Å². The van der Waals surface area contributed by atoms with Gasteiger partial charge < -0.3 is 14.6 Å². The molecule has 0 radical (unpaired) electrons. The van der Waals surface area contributed by atoms with Gasteiger partial charge >= 0.3 is 12.3 Å². The third-order valence-electron chi connectivity index (χ3n) is 6.20. The number of carboxylic acids is 1. The highest BCUT2D eigenvalue weighted by atomic mass is 32.1. The number of nitrogens with zero attached hydrogens (tertiary/aromatic N) is 6. The number of halogens is 3. The van der Waals surface area contributed by atoms with E-state index in [4.69, 9.17) is 4.74 Å². The Morgan fingerprint density at radius 1 is 1.02 bits per heavy atom. The lowest BCUT2D eigenvalue weighted by Gasteiger charge is -2.14. The Bertz CT molecular complexity index is 1850. The van der Waals surface area contributed by atoms with Gasteiger partial charge in [-0.3, -0.25) is 4.57 Å². The van der Waals surface area contributed by atoms with Gasteiger partial charge in [0.25, 0.3) is 0 Å². The third-order valence-corrected chi connectivity index (χ3v) is 7.01. The molecule has 2 aromatic heterocycles. The van der Waals surface area contributed by atoms with Gasteiger partial charge in [-0.2, -0.15) is 5.10 Å². The van der Waals surface area contributed by atoms with Gasteiger partial charge in [0.2, 0.25) is 4.80 Å². The molecule has 1 N–H and O–H groups in total. The van der Waals surface area contributed by atoms with Crippen molar-refractivity contribution < 1.29 is 32.5 Å². The molecule has 0 saturated heterocycles. The molecule has 0 amide bonds. The summed E-state index contributed by atoms with van der Waals surface area (Å²) in [6, 6.07) is 16.1. The molecule has 0 atom stereocenters. The minimum Gasteiger partial charge on any atom is -0.497 e. The van der Waals surface area contributed by atoms with Crippen molar-refractivity contribution in [2.24, 2.45) is 10.2 Å².